The third-order valence-corrected chi connectivity index (χ3v) is 4.90. The largest absolute Gasteiger partial charge is 0.490 e. The van der Waals surface area contributed by atoms with Crippen molar-refractivity contribution in [3.05, 3.63) is 65.7 Å². The number of ether oxygens (including phenoxy) is 2. The van der Waals surface area contributed by atoms with E-state index in [-0.39, 0.29) is 18.4 Å². The van der Waals surface area contributed by atoms with Crippen molar-refractivity contribution >= 4 is 17.5 Å². The maximum Gasteiger partial charge on any atom is 0.251 e. The molecule has 168 valence electrons. The Kier molecular flexibility index (Phi) is 7.49. The quantitative estimate of drug-likeness (QED) is 0.534. The lowest BCUT2D eigenvalue weighted by molar-refractivity contribution is -0.115. The first kappa shape index (κ1) is 22.9. The van der Waals surface area contributed by atoms with Crippen molar-refractivity contribution in [2.75, 3.05) is 25.1 Å². The van der Waals surface area contributed by atoms with E-state index in [2.05, 4.69) is 15.6 Å². The van der Waals surface area contributed by atoms with Crippen molar-refractivity contribution in [3.8, 4) is 17.2 Å². The molecule has 0 spiro atoms. The third-order valence-electron chi connectivity index (χ3n) is 4.90. The molecule has 8 nitrogen and oxygen atoms in total. The van der Waals surface area contributed by atoms with E-state index in [0.717, 1.165) is 17.1 Å². The summed E-state index contributed by atoms with van der Waals surface area (Å²) in [5, 5.41) is 5.41. The Morgan fingerprint density at radius 3 is 2.28 bits per heavy atom. The van der Waals surface area contributed by atoms with E-state index < -0.39 is 0 Å². The second kappa shape index (κ2) is 10.5. The number of nitrogens with one attached hydrogen (secondary N) is 2. The van der Waals surface area contributed by atoms with Crippen LogP contribution in [-0.2, 0) is 4.79 Å². The Balaban J connectivity index is 1.57. The molecule has 0 unspecified atom stereocenters. The summed E-state index contributed by atoms with van der Waals surface area (Å²) in [6.45, 7) is 8.49. The van der Waals surface area contributed by atoms with Gasteiger partial charge < -0.3 is 24.7 Å². The molecule has 2 aromatic carbocycles. The summed E-state index contributed by atoms with van der Waals surface area (Å²) in [4.78, 5) is 29.0. The van der Waals surface area contributed by atoms with Crippen LogP contribution in [0.2, 0.25) is 0 Å². The van der Waals surface area contributed by atoms with Gasteiger partial charge in [-0.1, -0.05) is 0 Å². The Morgan fingerprint density at radius 1 is 0.969 bits per heavy atom. The van der Waals surface area contributed by atoms with Crippen LogP contribution in [0.4, 0.5) is 5.69 Å². The number of rotatable bonds is 9. The molecule has 2 amide bonds. The number of hydrogen-bond donors (Lipinski definition) is 2. The number of carbonyl (C=O) groups is 2. The molecule has 0 fully saturated rings. The third kappa shape index (κ3) is 5.46. The molecule has 1 heterocycles. The number of hydrogen-bond acceptors (Lipinski definition) is 5. The molecule has 3 rings (SSSR count). The van der Waals surface area contributed by atoms with Crippen LogP contribution < -0.4 is 20.1 Å². The lowest BCUT2D eigenvalue weighted by Crippen LogP contribution is -2.32. The number of imidazole rings is 1. The number of aryl methyl sites for hydroxylation is 1. The summed E-state index contributed by atoms with van der Waals surface area (Å²) in [5.74, 6) is 0.380. The van der Waals surface area contributed by atoms with Gasteiger partial charge in [0.25, 0.3) is 5.91 Å². The number of benzene rings is 2. The van der Waals surface area contributed by atoms with Crippen LogP contribution in [0.15, 0.2) is 48.8 Å². The summed E-state index contributed by atoms with van der Waals surface area (Å²) in [5.41, 5.74) is 4.02. The molecule has 0 saturated heterocycles. The Hall–Kier alpha value is -3.81. The lowest BCUT2D eigenvalue weighted by atomic mass is 10.2. The maximum absolute atomic E-state index is 12.5. The van der Waals surface area contributed by atoms with Crippen LogP contribution in [-0.4, -0.2) is 41.1 Å². The minimum atomic E-state index is -0.370. The first-order valence-corrected chi connectivity index (χ1v) is 10.5. The summed E-state index contributed by atoms with van der Waals surface area (Å²) in [7, 11) is 0. The first-order chi connectivity index (χ1) is 15.4. The number of anilines is 1. The van der Waals surface area contributed by atoms with Crippen molar-refractivity contribution in [2.45, 2.75) is 27.7 Å². The van der Waals surface area contributed by atoms with Crippen molar-refractivity contribution in [1.82, 2.24) is 14.9 Å². The molecular weight excluding hydrogens is 408 g/mol. The van der Waals surface area contributed by atoms with Gasteiger partial charge in [-0.25, -0.2) is 4.98 Å². The highest BCUT2D eigenvalue weighted by Crippen LogP contribution is 2.28. The van der Waals surface area contributed by atoms with Crippen LogP contribution in [0.1, 0.15) is 35.6 Å². The highest BCUT2D eigenvalue weighted by molar-refractivity contribution is 5.99. The van der Waals surface area contributed by atoms with Gasteiger partial charge in [0, 0.05) is 22.6 Å². The van der Waals surface area contributed by atoms with Gasteiger partial charge in [-0.3, -0.25) is 9.59 Å². The zero-order valence-electron chi connectivity index (χ0n) is 18.8. The molecule has 0 atom stereocenters. The summed E-state index contributed by atoms with van der Waals surface area (Å²) >= 11 is 0. The van der Waals surface area contributed by atoms with Crippen LogP contribution in [0.3, 0.4) is 0 Å². The number of amides is 2. The fourth-order valence-corrected chi connectivity index (χ4v) is 3.12. The summed E-state index contributed by atoms with van der Waals surface area (Å²) in [6, 6.07) is 12.4. The molecule has 1 aromatic heterocycles. The van der Waals surface area contributed by atoms with Crippen LogP contribution in [0.25, 0.3) is 5.69 Å². The number of carbonyl (C=O) groups excluding carboxylic acids is 2. The first-order valence-electron chi connectivity index (χ1n) is 10.5. The van der Waals surface area contributed by atoms with Crippen LogP contribution in [0.5, 0.6) is 11.5 Å². The molecule has 0 radical (unpaired) electrons. The monoisotopic (exact) mass is 436 g/mol. The van der Waals surface area contributed by atoms with Gasteiger partial charge in [-0.15, -0.1) is 0 Å². The van der Waals surface area contributed by atoms with Crippen molar-refractivity contribution in [1.29, 1.82) is 0 Å². The van der Waals surface area contributed by atoms with Crippen molar-refractivity contribution in [3.63, 3.8) is 0 Å². The predicted molar refractivity (Wildman–Crippen MR) is 123 cm³/mol. The van der Waals surface area contributed by atoms with E-state index in [1.165, 1.54) is 0 Å². The topological polar surface area (TPSA) is 94.5 Å². The number of aromatic nitrogens is 2. The molecule has 0 aliphatic carbocycles. The van der Waals surface area contributed by atoms with Gasteiger partial charge >= 0.3 is 0 Å². The van der Waals surface area contributed by atoms with E-state index in [1.807, 2.05) is 56.5 Å². The second-order valence-electron chi connectivity index (χ2n) is 7.09. The van der Waals surface area contributed by atoms with E-state index in [1.54, 1.807) is 24.5 Å². The van der Waals surface area contributed by atoms with E-state index in [0.29, 0.717) is 36.0 Å². The van der Waals surface area contributed by atoms with Gasteiger partial charge in [0.1, 0.15) is 0 Å². The SMILES string of the molecule is CCOc1ccc(C(=O)NCC(=O)Nc2ccc(-n3cnc(C)c3C)cc2)cc1OCC. The normalized spacial score (nSPS) is 10.5. The Morgan fingerprint density at radius 2 is 1.66 bits per heavy atom. The fourth-order valence-electron chi connectivity index (χ4n) is 3.12. The molecule has 0 aliphatic rings. The molecule has 8 heteroatoms. The lowest BCUT2D eigenvalue weighted by Gasteiger charge is -2.12. The zero-order chi connectivity index (χ0) is 23.1. The Bertz CT molecular complexity index is 1090. The van der Waals surface area contributed by atoms with Gasteiger partial charge in [0.05, 0.1) is 31.8 Å². The predicted octanol–water partition coefficient (Wildman–Crippen LogP) is 3.66. The molecule has 2 N–H and O–H groups in total. The van der Waals surface area contributed by atoms with Crippen molar-refractivity contribution < 1.29 is 19.1 Å². The summed E-state index contributed by atoms with van der Waals surface area (Å²) < 4.78 is 13.0. The average Bonchev–Trinajstić information content (AvgIpc) is 3.12. The van der Waals surface area contributed by atoms with Gasteiger partial charge in [0.15, 0.2) is 11.5 Å². The smallest absolute Gasteiger partial charge is 0.251 e. The highest BCUT2D eigenvalue weighted by atomic mass is 16.5. The average molecular weight is 437 g/mol. The maximum atomic E-state index is 12.5. The highest BCUT2D eigenvalue weighted by Gasteiger charge is 2.13. The minimum Gasteiger partial charge on any atom is -0.490 e. The number of nitrogens with zero attached hydrogens (tertiary/aromatic N) is 2. The second-order valence-corrected chi connectivity index (χ2v) is 7.09. The van der Waals surface area contributed by atoms with Gasteiger partial charge in [-0.2, -0.15) is 0 Å². The minimum absolute atomic E-state index is 0.155. The molecule has 0 bridgehead atoms. The van der Waals surface area contributed by atoms with Gasteiger partial charge in [0.2, 0.25) is 5.91 Å². The molecule has 3 aromatic rings. The molecule has 0 saturated carbocycles. The fraction of sp³-hybridized carbons (Fsp3) is 0.292. The van der Waals surface area contributed by atoms with E-state index >= 15 is 0 Å². The Labute approximate surface area is 187 Å². The summed E-state index contributed by atoms with van der Waals surface area (Å²) in [6.07, 6.45) is 1.77. The molecule has 32 heavy (non-hydrogen) atoms. The van der Waals surface area contributed by atoms with Gasteiger partial charge in [-0.05, 0) is 70.2 Å². The van der Waals surface area contributed by atoms with E-state index in [4.69, 9.17) is 9.47 Å². The zero-order valence-corrected chi connectivity index (χ0v) is 18.8. The van der Waals surface area contributed by atoms with Crippen LogP contribution >= 0.6 is 0 Å². The van der Waals surface area contributed by atoms with E-state index in [9.17, 15) is 9.59 Å². The standard InChI is InChI=1S/C24H28N4O4/c1-5-31-21-12-7-18(13-22(21)32-6-2)24(30)25-14-23(29)27-19-8-10-20(11-9-19)28-15-26-16(3)17(28)4/h7-13,15H,5-6,14H2,1-4H3,(H,25,30)(H,27,29). The van der Waals surface area contributed by atoms with Crippen LogP contribution in [0, 0.1) is 13.8 Å². The van der Waals surface area contributed by atoms with Crippen molar-refractivity contribution in [2.24, 2.45) is 0 Å². The molecular formula is C24H28N4O4. The molecule has 0 aliphatic heterocycles.